The summed E-state index contributed by atoms with van der Waals surface area (Å²) in [4.78, 5) is 41.8. The van der Waals surface area contributed by atoms with Gasteiger partial charge in [-0.2, -0.15) is 5.06 Å². The second-order valence-electron chi connectivity index (χ2n) is 6.08. The molecule has 1 N–H and O–H groups in total. The summed E-state index contributed by atoms with van der Waals surface area (Å²) in [5, 5.41) is 3.24. The van der Waals surface area contributed by atoms with Crippen molar-refractivity contribution in [3.63, 3.8) is 0 Å². The van der Waals surface area contributed by atoms with Crippen LogP contribution in [0, 0.1) is 0 Å². The molecule has 0 aromatic heterocycles. The standard InChI is InChI=1S/C20H20N2O5/c23-18-12-11-17(21-20(25)26-13-15-7-3-1-4-8-15)19(24)22(18)27-14-16-9-5-2-6-10-16/h1-10,17H,11-14H2,(H,21,25). The van der Waals surface area contributed by atoms with E-state index in [0.717, 1.165) is 16.2 Å². The van der Waals surface area contributed by atoms with Crippen LogP contribution < -0.4 is 5.32 Å². The summed E-state index contributed by atoms with van der Waals surface area (Å²) in [6.45, 7) is 0.185. The van der Waals surface area contributed by atoms with Crippen molar-refractivity contribution in [2.24, 2.45) is 0 Å². The molecule has 1 aliphatic heterocycles. The number of hydrogen-bond donors (Lipinski definition) is 1. The Morgan fingerprint density at radius 2 is 1.56 bits per heavy atom. The van der Waals surface area contributed by atoms with Crippen LogP contribution in [0.1, 0.15) is 24.0 Å². The van der Waals surface area contributed by atoms with E-state index in [0.29, 0.717) is 0 Å². The minimum Gasteiger partial charge on any atom is -0.445 e. The lowest BCUT2D eigenvalue weighted by Crippen LogP contribution is -2.54. The summed E-state index contributed by atoms with van der Waals surface area (Å²) >= 11 is 0. The lowest BCUT2D eigenvalue weighted by molar-refractivity contribution is -0.204. The van der Waals surface area contributed by atoms with Crippen LogP contribution in [0.3, 0.4) is 0 Å². The van der Waals surface area contributed by atoms with Crippen LogP contribution in [-0.2, 0) is 32.4 Å². The van der Waals surface area contributed by atoms with Crippen LogP contribution >= 0.6 is 0 Å². The first-order chi connectivity index (χ1) is 13.1. The van der Waals surface area contributed by atoms with Gasteiger partial charge in [-0.1, -0.05) is 60.7 Å². The van der Waals surface area contributed by atoms with Gasteiger partial charge < -0.3 is 10.1 Å². The minimum atomic E-state index is -0.859. The maximum Gasteiger partial charge on any atom is 0.408 e. The molecule has 1 atom stereocenters. The van der Waals surface area contributed by atoms with Crippen LogP contribution in [0.4, 0.5) is 4.79 Å². The predicted octanol–water partition coefficient (Wildman–Crippen LogP) is 2.56. The van der Waals surface area contributed by atoms with Crippen molar-refractivity contribution in [3.8, 4) is 0 Å². The molecule has 0 aliphatic carbocycles. The van der Waals surface area contributed by atoms with E-state index in [9.17, 15) is 14.4 Å². The first-order valence-corrected chi connectivity index (χ1v) is 8.64. The van der Waals surface area contributed by atoms with Crippen LogP contribution in [0.2, 0.25) is 0 Å². The summed E-state index contributed by atoms with van der Waals surface area (Å²) < 4.78 is 5.12. The number of carbonyl (C=O) groups is 3. The predicted molar refractivity (Wildman–Crippen MR) is 95.9 cm³/mol. The highest BCUT2D eigenvalue weighted by atomic mass is 16.7. The number of piperidine rings is 1. The highest BCUT2D eigenvalue weighted by Crippen LogP contribution is 2.16. The molecule has 1 saturated heterocycles. The van der Waals surface area contributed by atoms with Gasteiger partial charge in [0.25, 0.3) is 11.8 Å². The summed E-state index contributed by atoms with van der Waals surface area (Å²) in [5.74, 6) is -1.02. The van der Waals surface area contributed by atoms with Gasteiger partial charge in [0.05, 0.1) is 0 Å². The molecule has 2 aromatic rings. The first kappa shape index (κ1) is 18.6. The normalized spacial score (nSPS) is 16.9. The molecular weight excluding hydrogens is 348 g/mol. The van der Waals surface area contributed by atoms with E-state index in [-0.39, 0.29) is 26.1 Å². The molecule has 1 fully saturated rings. The van der Waals surface area contributed by atoms with Gasteiger partial charge in [-0.15, -0.1) is 0 Å². The smallest absolute Gasteiger partial charge is 0.408 e. The van der Waals surface area contributed by atoms with Gasteiger partial charge in [-0.05, 0) is 17.5 Å². The van der Waals surface area contributed by atoms with Crippen molar-refractivity contribution >= 4 is 17.9 Å². The zero-order valence-electron chi connectivity index (χ0n) is 14.7. The number of hydrogen-bond acceptors (Lipinski definition) is 5. The third kappa shape index (κ3) is 5.15. The van der Waals surface area contributed by atoms with Crippen molar-refractivity contribution in [2.75, 3.05) is 0 Å². The van der Waals surface area contributed by atoms with Gasteiger partial charge in [0, 0.05) is 6.42 Å². The van der Waals surface area contributed by atoms with Crippen LogP contribution in [-0.4, -0.2) is 29.0 Å². The van der Waals surface area contributed by atoms with E-state index in [1.54, 1.807) is 0 Å². The molecule has 27 heavy (non-hydrogen) atoms. The number of rotatable bonds is 6. The lowest BCUT2D eigenvalue weighted by Gasteiger charge is -2.29. The van der Waals surface area contributed by atoms with Crippen LogP contribution in [0.15, 0.2) is 60.7 Å². The second-order valence-corrected chi connectivity index (χ2v) is 6.08. The van der Waals surface area contributed by atoms with E-state index >= 15 is 0 Å². The number of carbonyl (C=O) groups excluding carboxylic acids is 3. The van der Waals surface area contributed by atoms with Gasteiger partial charge in [0.15, 0.2) is 0 Å². The van der Waals surface area contributed by atoms with Gasteiger partial charge >= 0.3 is 6.09 Å². The second kappa shape index (κ2) is 8.95. The molecular formula is C20H20N2O5. The molecule has 1 heterocycles. The fourth-order valence-electron chi connectivity index (χ4n) is 2.65. The average Bonchev–Trinajstić information content (AvgIpc) is 2.70. The molecule has 7 nitrogen and oxygen atoms in total. The molecule has 3 rings (SSSR count). The molecule has 7 heteroatoms. The van der Waals surface area contributed by atoms with E-state index in [2.05, 4.69) is 5.32 Å². The van der Waals surface area contributed by atoms with Gasteiger partial charge in [-0.25, -0.2) is 4.79 Å². The zero-order chi connectivity index (χ0) is 19.1. The number of imide groups is 1. The largest absolute Gasteiger partial charge is 0.445 e. The Morgan fingerprint density at radius 1 is 0.963 bits per heavy atom. The lowest BCUT2D eigenvalue weighted by atomic mass is 10.1. The number of amides is 3. The molecule has 1 aliphatic rings. The molecule has 140 valence electrons. The zero-order valence-corrected chi connectivity index (χ0v) is 14.7. The Bertz CT molecular complexity index is 795. The monoisotopic (exact) mass is 368 g/mol. The fraction of sp³-hybridized carbons (Fsp3) is 0.250. The SMILES string of the molecule is O=C(NC1CCC(=O)N(OCc2ccccc2)C1=O)OCc1ccccc1. The summed E-state index contributed by atoms with van der Waals surface area (Å²) in [6.07, 6.45) is -0.400. The molecule has 1 unspecified atom stereocenters. The van der Waals surface area contributed by atoms with Crippen LogP contribution in [0.5, 0.6) is 0 Å². The molecule has 0 saturated carbocycles. The van der Waals surface area contributed by atoms with Crippen molar-refractivity contribution in [1.82, 2.24) is 10.4 Å². The third-order valence-corrected chi connectivity index (χ3v) is 4.08. The Labute approximate surface area is 156 Å². The van der Waals surface area contributed by atoms with Gasteiger partial charge in [-0.3, -0.25) is 14.4 Å². The molecule has 2 aromatic carbocycles. The van der Waals surface area contributed by atoms with Crippen molar-refractivity contribution in [1.29, 1.82) is 0 Å². The van der Waals surface area contributed by atoms with E-state index < -0.39 is 23.9 Å². The summed E-state index contributed by atoms with van der Waals surface area (Å²) in [6, 6.07) is 17.6. The molecule has 0 radical (unpaired) electrons. The van der Waals surface area contributed by atoms with Gasteiger partial charge in [0.1, 0.15) is 19.3 Å². The maximum atomic E-state index is 12.5. The highest BCUT2D eigenvalue weighted by Gasteiger charge is 2.36. The van der Waals surface area contributed by atoms with E-state index in [1.807, 2.05) is 60.7 Å². The summed E-state index contributed by atoms with van der Waals surface area (Å²) in [7, 11) is 0. The number of ether oxygens (including phenoxy) is 1. The third-order valence-electron chi connectivity index (χ3n) is 4.08. The average molecular weight is 368 g/mol. The maximum absolute atomic E-state index is 12.5. The highest BCUT2D eigenvalue weighted by molar-refractivity contribution is 6.00. The molecule has 0 spiro atoms. The Hall–Kier alpha value is -3.19. The fourth-order valence-corrected chi connectivity index (χ4v) is 2.65. The van der Waals surface area contributed by atoms with Gasteiger partial charge in [0.2, 0.25) is 0 Å². The number of benzene rings is 2. The quantitative estimate of drug-likeness (QED) is 0.792. The van der Waals surface area contributed by atoms with Crippen LogP contribution in [0.25, 0.3) is 0 Å². The van der Waals surface area contributed by atoms with Crippen molar-refractivity contribution < 1.29 is 24.0 Å². The van der Waals surface area contributed by atoms with Crippen molar-refractivity contribution in [3.05, 3.63) is 71.8 Å². The summed E-state index contributed by atoms with van der Waals surface area (Å²) in [5.41, 5.74) is 1.67. The number of alkyl carbamates (subject to hydrolysis) is 1. The number of nitrogens with zero attached hydrogens (tertiary/aromatic N) is 1. The Kier molecular flexibility index (Phi) is 6.17. The Morgan fingerprint density at radius 3 is 2.19 bits per heavy atom. The number of hydroxylamine groups is 2. The molecule has 0 bridgehead atoms. The van der Waals surface area contributed by atoms with E-state index in [1.165, 1.54) is 0 Å². The minimum absolute atomic E-state index is 0.0868. The van der Waals surface area contributed by atoms with E-state index in [4.69, 9.17) is 9.57 Å². The number of nitrogens with one attached hydrogen (secondary N) is 1. The van der Waals surface area contributed by atoms with Crippen molar-refractivity contribution in [2.45, 2.75) is 32.1 Å². The molecule has 3 amide bonds. The Balaban J connectivity index is 1.52. The topological polar surface area (TPSA) is 84.9 Å². The first-order valence-electron chi connectivity index (χ1n) is 8.64.